The van der Waals surface area contributed by atoms with Gasteiger partial charge in [-0.1, -0.05) is 30.0 Å². The van der Waals surface area contributed by atoms with E-state index < -0.39 is 5.60 Å². The summed E-state index contributed by atoms with van der Waals surface area (Å²) in [5, 5.41) is 10.3. The van der Waals surface area contributed by atoms with Gasteiger partial charge in [-0.05, 0) is 89.2 Å². The van der Waals surface area contributed by atoms with Gasteiger partial charge in [0.05, 0.1) is 24.2 Å². The van der Waals surface area contributed by atoms with Gasteiger partial charge in [-0.25, -0.2) is 14.8 Å². The first-order chi connectivity index (χ1) is 18.1. The number of carbonyl (C=O) groups excluding carboxylic acids is 1. The normalized spacial score (nSPS) is 23.0. The Balaban J connectivity index is 1.45. The Bertz CT molecular complexity index is 1270. The van der Waals surface area contributed by atoms with Gasteiger partial charge >= 0.3 is 6.09 Å². The van der Waals surface area contributed by atoms with Gasteiger partial charge in [-0.15, -0.1) is 0 Å². The predicted molar refractivity (Wildman–Crippen MR) is 151 cm³/mol. The summed E-state index contributed by atoms with van der Waals surface area (Å²) < 4.78 is 5.65. The number of hydrogen-bond donors (Lipinski definition) is 0. The van der Waals surface area contributed by atoms with Crippen LogP contribution in [0.15, 0.2) is 23.4 Å². The Kier molecular flexibility index (Phi) is 7.34. The van der Waals surface area contributed by atoms with Crippen molar-refractivity contribution in [2.75, 3.05) is 30.8 Å². The van der Waals surface area contributed by atoms with Gasteiger partial charge in [-0.2, -0.15) is 5.26 Å². The van der Waals surface area contributed by atoms with Gasteiger partial charge in [0.2, 0.25) is 0 Å². The summed E-state index contributed by atoms with van der Waals surface area (Å²) in [6.45, 7) is 9.59. The lowest BCUT2D eigenvalue weighted by molar-refractivity contribution is 0.0144. The van der Waals surface area contributed by atoms with E-state index in [4.69, 9.17) is 14.7 Å². The monoisotopic (exact) mass is 533 g/mol. The zero-order valence-electron chi connectivity index (χ0n) is 23.3. The second kappa shape index (κ2) is 10.4. The van der Waals surface area contributed by atoms with E-state index in [-0.39, 0.29) is 24.0 Å². The third-order valence-electron chi connectivity index (χ3n) is 8.39. The minimum atomic E-state index is -0.573. The fourth-order valence-electron chi connectivity index (χ4n) is 6.62. The second-order valence-corrected chi connectivity index (χ2v) is 12.8. The van der Waals surface area contributed by atoms with Crippen molar-refractivity contribution >= 4 is 23.7 Å². The molecule has 0 bridgehead atoms. The molecule has 5 rings (SSSR count). The minimum Gasteiger partial charge on any atom is -0.444 e. The minimum absolute atomic E-state index is 0.145. The number of carbonyl (C=O) groups is 1. The average molecular weight is 534 g/mol. The fourth-order valence-corrected chi connectivity index (χ4v) is 7.00. The number of ether oxygens (including phenoxy) is 1. The number of anilines is 1. The van der Waals surface area contributed by atoms with E-state index in [0.717, 1.165) is 30.2 Å². The number of fused-ring (bicyclic) bond motifs is 3. The van der Waals surface area contributed by atoms with Crippen molar-refractivity contribution < 1.29 is 9.53 Å². The number of benzene rings is 1. The maximum atomic E-state index is 12.9. The Morgan fingerprint density at radius 3 is 2.76 bits per heavy atom. The van der Waals surface area contributed by atoms with Crippen LogP contribution in [0, 0.1) is 18.3 Å². The van der Waals surface area contributed by atoms with Crippen molar-refractivity contribution in [2.24, 2.45) is 0 Å². The molecule has 1 amide bonds. The molecule has 1 aliphatic heterocycles. The van der Waals surface area contributed by atoms with Gasteiger partial charge in [0.1, 0.15) is 11.4 Å². The average Bonchev–Trinajstić information content (AvgIpc) is 2.88. The molecule has 3 aliphatic rings. The van der Waals surface area contributed by atoms with Crippen LogP contribution in [0.25, 0.3) is 0 Å². The summed E-state index contributed by atoms with van der Waals surface area (Å²) in [6, 6.07) is 8.86. The highest BCUT2D eigenvalue weighted by atomic mass is 32.2. The summed E-state index contributed by atoms with van der Waals surface area (Å²) >= 11 is 1.58. The molecule has 38 heavy (non-hydrogen) atoms. The third kappa shape index (κ3) is 5.10. The molecule has 1 spiro atoms. The van der Waals surface area contributed by atoms with Crippen molar-refractivity contribution in [1.82, 2.24) is 14.9 Å². The number of thioether (sulfide) groups is 1. The molecular weight excluding hydrogens is 494 g/mol. The van der Waals surface area contributed by atoms with E-state index in [1.807, 2.05) is 27.0 Å². The third-order valence-corrected chi connectivity index (χ3v) is 8.94. The maximum absolute atomic E-state index is 12.9. The number of piperazine rings is 1. The molecule has 0 N–H and O–H groups in total. The Morgan fingerprint density at radius 2 is 2.03 bits per heavy atom. The molecule has 8 heteroatoms. The van der Waals surface area contributed by atoms with E-state index in [9.17, 15) is 10.1 Å². The van der Waals surface area contributed by atoms with Crippen LogP contribution in [0.3, 0.4) is 0 Å². The summed E-state index contributed by atoms with van der Waals surface area (Å²) in [7, 11) is 0. The maximum Gasteiger partial charge on any atom is 0.410 e. The molecular formula is C30H39N5O2S. The van der Waals surface area contributed by atoms with Crippen LogP contribution in [0.2, 0.25) is 0 Å². The molecule has 1 unspecified atom stereocenters. The number of amides is 1. The summed E-state index contributed by atoms with van der Waals surface area (Å²) in [5.41, 5.74) is 6.47. The van der Waals surface area contributed by atoms with Gasteiger partial charge in [0.15, 0.2) is 5.16 Å². The Morgan fingerprint density at radius 1 is 1.21 bits per heavy atom. The van der Waals surface area contributed by atoms with Gasteiger partial charge < -0.3 is 14.5 Å². The van der Waals surface area contributed by atoms with Crippen LogP contribution in [0.5, 0.6) is 0 Å². The molecule has 2 aliphatic carbocycles. The first kappa shape index (κ1) is 26.8. The van der Waals surface area contributed by atoms with Crippen molar-refractivity contribution in [1.29, 1.82) is 5.26 Å². The van der Waals surface area contributed by atoms with Crippen molar-refractivity contribution in [3.8, 4) is 6.07 Å². The van der Waals surface area contributed by atoms with Gasteiger partial charge in [0, 0.05) is 30.6 Å². The van der Waals surface area contributed by atoms with Gasteiger partial charge in [0.25, 0.3) is 0 Å². The van der Waals surface area contributed by atoms with Crippen LogP contribution < -0.4 is 4.90 Å². The zero-order valence-corrected chi connectivity index (χ0v) is 24.2. The van der Waals surface area contributed by atoms with Crippen LogP contribution in [-0.2, 0) is 29.4 Å². The van der Waals surface area contributed by atoms with E-state index in [2.05, 4.69) is 36.1 Å². The number of hydrogen-bond acceptors (Lipinski definition) is 7. The molecule has 1 fully saturated rings. The standard InChI is InChI=1S/C30H39N5O2S/c1-20-8-6-10-24-22(20)9-7-13-30(24)14-11-23-25(18-30)32-27(38-5)33-26(23)34-16-17-35(21(19-34)12-15-31)28(36)37-29(2,3)4/h6,8,10,21H,7,9,11-14,16-19H2,1-5H3/t21-,30?/m0/s1. The first-order valence-electron chi connectivity index (χ1n) is 13.8. The van der Waals surface area contributed by atoms with Crippen LogP contribution in [0.1, 0.15) is 74.4 Å². The number of aryl methyl sites for hydroxylation is 1. The van der Waals surface area contributed by atoms with Gasteiger partial charge in [-0.3, -0.25) is 0 Å². The number of aromatic nitrogens is 2. The Hall–Kier alpha value is -2.79. The number of nitriles is 1. The molecule has 0 radical (unpaired) electrons. The highest BCUT2D eigenvalue weighted by Gasteiger charge is 2.42. The number of nitrogens with zero attached hydrogens (tertiary/aromatic N) is 5. The lowest BCUT2D eigenvalue weighted by Gasteiger charge is -2.45. The predicted octanol–water partition coefficient (Wildman–Crippen LogP) is 5.61. The molecule has 1 aromatic carbocycles. The van der Waals surface area contributed by atoms with E-state index in [1.165, 1.54) is 41.6 Å². The van der Waals surface area contributed by atoms with Crippen molar-refractivity contribution in [3.63, 3.8) is 0 Å². The highest BCUT2D eigenvalue weighted by Crippen LogP contribution is 2.48. The molecule has 202 valence electrons. The summed E-state index contributed by atoms with van der Waals surface area (Å²) in [6.07, 6.45) is 8.54. The second-order valence-electron chi connectivity index (χ2n) is 12.0. The molecule has 7 nitrogen and oxygen atoms in total. The van der Waals surface area contributed by atoms with E-state index in [0.29, 0.717) is 19.6 Å². The van der Waals surface area contributed by atoms with Crippen LogP contribution >= 0.6 is 11.8 Å². The topological polar surface area (TPSA) is 82.4 Å². The quantitative estimate of drug-likeness (QED) is 0.375. The molecule has 1 aromatic heterocycles. The highest BCUT2D eigenvalue weighted by molar-refractivity contribution is 7.98. The first-order valence-corrected chi connectivity index (χ1v) is 15.0. The van der Waals surface area contributed by atoms with Crippen LogP contribution in [0.4, 0.5) is 10.6 Å². The molecule has 2 aromatic rings. The Labute approximate surface area is 231 Å². The van der Waals surface area contributed by atoms with E-state index >= 15 is 0 Å². The van der Waals surface area contributed by atoms with E-state index in [1.54, 1.807) is 22.2 Å². The largest absolute Gasteiger partial charge is 0.444 e. The lowest BCUT2D eigenvalue weighted by atomic mass is 9.62. The fraction of sp³-hybridized carbons (Fsp3) is 0.600. The molecule has 2 heterocycles. The molecule has 2 atom stereocenters. The SMILES string of the molecule is CSc1nc2c(c(N3CCN(C(=O)OC(C)(C)C)[C@@H](CC#N)C3)n1)CCC1(CCCc3c(C)cccc31)C2. The molecule has 0 saturated carbocycles. The summed E-state index contributed by atoms with van der Waals surface area (Å²) in [4.78, 5) is 27.0. The molecule has 1 saturated heterocycles. The lowest BCUT2D eigenvalue weighted by Crippen LogP contribution is -2.56. The number of rotatable bonds is 3. The van der Waals surface area contributed by atoms with Crippen molar-refractivity contribution in [2.45, 2.75) is 94.9 Å². The summed E-state index contributed by atoms with van der Waals surface area (Å²) in [5.74, 6) is 0.987. The smallest absolute Gasteiger partial charge is 0.410 e. The van der Waals surface area contributed by atoms with Crippen LogP contribution in [-0.4, -0.2) is 58.5 Å². The zero-order chi connectivity index (χ0) is 27.1. The van der Waals surface area contributed by atoms with Crippen molar-refractivity contribution in [3.05, 3.63) is 46.1 Å².